The summed E-state index contributed by atoms with van der Waals surface area (Å²) < 4.78 is 0. The predicted molar refractivity (Wildman–Crippen MR) is 60.4 cm³/mol. The molecule has 1 aliphatic rings. The molecule has 0 radical (unpaired) electrons. The van der Waals surface area contributed by atoms with Gasteiger partial charge < -0.3 is 10.4 Å². The number of urea groups is 1. The minimum absolute atomic E-state index is 0.421. The third-order valence-corrected chi connectivity index (χ3v) is 2.86. The van der Waals surface area contributed by atoms with E-state index in [1.807, 2.05) is 13.8 Å². The molecule has 1 atom stereocenters. The average Bonchev–Trinajstić information content (AvgIpc) is 2.40. The number of nitrogens with one attached hydrogen (secondary N) is 1. The first kappa shape index (κ1) is 13.5. The van der Waals surface area contributed by atoms with Crippen LogP contribution in [-0.4, -0.2) is 40.0 Å². The quantitative estimate of drug-likeness (QED) is 0.699. The van der Waals surface area contributed by atoms with E-state index in [-0.39, 0.29) is 0 Å². The minimum Gasteiger partial charge on any atom is -0.480 e. The lowest BCUT2D eigenvalue weighted by Crippen LogP contribution is -2.44. The molecule has 0 aliphatic carbocycles. The summed E-state index contributed by atoms with van der Waals surface area (Å²) in [5, 5.41) is 11.2. The van der Waals surface area contributed by atoms with E-state index < -0.39 is 30.0 Å². The molecule has 2 N–H and O–H groups in total. The van der Waals surface area contributed by atoms with Crippen LogP contribution in [-0.2, 0) is 9.59 Å². The molecule has 1 rings (SSSR count). The fourth-order valence-electron chi connectivity index (χ4n) is 1.77. The Labute approximate surface area is 100.0 Å². The Bertz CT molecular complexity index is 353. The number of carboxylic acid groups (broad SMARTS) is 1. The molecule has 0 bridgehead atoms. The highest BCUT2D eigenvalue weighted by atomic mass is 16.4. The molecule has 1 heterocycles. The fraction of sp³-hybridized carbons (Fsp3) is 0.727. The van der Waals surface area contributed by atoms with Crippen LogP contribution in [0.3, 0.4) is 0 Å². The van der Waals surface area contributed by atoms with Crippen molar-refractivity contribution in [2.75, 3.05) is 6.54 Å². The largest absolute Gasteiger partial charge is 0.480 e. The summed E-state index contributed by atoms with van der Waals surface area (Å²) in [7, 11) is 0. The standard InChI is InChI=1S/C11H18N2O4/c1-7(2)4-5-11(3)9(16)13(6-8(14)15)10(17)12-11/h7H,4-6H2,1-3H3,(H,12,17)(H,14,15)/t11-/m1/s1. The van der Waals surface area contributed by atoms with Crippen LogP contribution >= 0.6 is 0 Å². The Morgan fingerprint density at radius 3 is 2.53 bits per heavy atom. The summed E-state index contributed by atoms with van der Waals surface area (Å²) in [4.78, 5) is 34.8. The van der Waals surface area contributed by atoms with Gasteiger partial charge in [-0.05, 0) is 25.7 Å². The maximum atomic E-state index is 12.0. The summed E-state index contributed by atoms with van der Waals surface area (Å²) in [6, 6.07) is -0.622. The van der Waals surface area contributed by atoms with Crippen LogP contribution in [0.1, 0.15) is 33.6 Å². The molecule has 0 aromatic heterocycles. The zero-order valence-corrected chi connectivity index (χ0v) is 10.3. The fourth-order valence-corrected chi connectivity index (χ4v) is 1.77. The number of hydrogen-bond acceptors (Lipinski definition) is 3. The molecule has 1 aliphatic heterocycles. The van der Waals surface area contributed by atoms with E-state index in [1.165, 1.54) is 0 Å². The Hall–Kier alpha value is -1.59. The Kier molecular flexibility index (Phi) is 3.75. The van der Waals surface area contributed by atoms with E-state index in [1.54, 1.807) is 6.92 Å². The van der Waals surface area contributed by atoms with Crippen LogP contribution in [0, 0.1) is 5.92 Å². The lowest BCUT2D eigenvalue weighted by molar-refractivity contribution is -0.142. The second-order valence-corrected chi connectivity index (χ2v) is 4.98. The number of rotatable bonds is 5. The van der Waals surface area contributed by atoms with Crippen molar-refractivity contribution in [3.05, 3.63) is 0 Å². The first-order valence-corrected chi connectivity index (χ1v) is 5.62. The van der Waals surface area contributed by atoms with Gasteiger partial charge in [-0.3, -0.25) is 14.5 Å². The number of amides is 3. The second-order valence-electron chi connectivity index (χ2n) is 4.98. The predicted octanol–water partition coefficient (Wildman–Crippen LogP) is 0.818. The molecule has 0 saturated carbocycles. The summed E-state index contributed by atoms with van der Waals surface area (Å²) in [5.41, 5.74) is -0.962. The first-order chi connectivity index (χ1) is 7.76. The van der Waals surface area contributed by atoms with Crippen molar-refractivity contribution >= 4 is 17.9 Å². The van der Waals surface area contributed by atoms with Crippen LogP contribution in [0.4, 0.5) is 4.79 Å². The summed E-state index contributed by atoms with van der Waals surface area (Å²) in [6.07, 6.45) is 1.31. The van der Waals surface area contributed by atoms with Crippen LogP contribution in [0.25, 0.3) is 0 Å². The molecular formula is C11H18N2O4. The van der Waals surface area contributed by atoms with Crippen molar-refractivity contribution in [1.29, 1.82) is 0 Å². The average molecular weight is 242 g/mol. The van der Waals surface area contributed by atoms with Crippen molar-refractivity contribution in [3.8, 4) is 0 Å². The van der Waals surface area contributed by atoms with Crippen molar-refractivity contribution in [3.63, 3.8) is 0 Å². The zero-order valence-electron chi connectivity index (χ0n) is 10.3. The zero-order chi connectivity index (χ0) is 13.2. The highest BCUT2D eigenvalue weighted by Gasteiger charge is 2.47. The molecule has 0 spiro atoms. The topological polar surface area (TPSA) is 86.7 Å². The Balaban J connectivity index is 2.75. The van der Waals surface area contributed by atoms with Gasteiger partial charge in [-0.1, -0.05) is 13.8 Å². The normalized spacial score (nSPS) is 24.4. The number of carbonyl (C=O) groups excluding carboxylic acids is 2. The van der Waals surface area contributed by atoms with Crippen molar-refractivity contribution in [2.45, 2.75) is 39.2 Å². The van der Waals surface area contributed by atoms with E-state index >= 15 is 0 Å². The number of imide groups is 1. The molecule has 0 aromatic carbocycles. The molecule has 1 fully saturated rings. The SMILES string of the molecule is CC(C)CC[C@@]1(C)NC(=O)N(CC(=O)O)C1=O. The third-order valence-electron chi connectivity index (χ3n) is 2.86. The van der Waals surface area contributed by atoms with Crippen molar-refractivity contribution in [2.24, 2.45) is 5.92 Å². The maximum absolute atomic E-state index is 12.0. The van der Waals surface area contributed by atoms with E-state index in [4.69, 9.17) is 5.11 Å². The molecular weight excluding hydrogens is 224 g/mol. The van der Waals surface area contributed by atoms with E-state index in [2.05, 4.69) is 5.32 Å². The van der Waals surface area contributed by atoms with Gasteiger partial charge in [-0.15, -0.1) is 0 Å². The molecule has 0 unspecified atom stereocenters. The van der Waals surface area contributed by atoms with Gasteiger partial charge in [0.05, 0.1) is 0 Å². The molecule has 96 valence electrons. The molecule has 6 heteroatoms. The van der Waals surface area contributed by atoms with E-state index in [0.717, 1.165) is 11.3 Å². The number of carbonyl (C=O) groups is 3. The Morgan fingerprint density at radius 2 is 2.06 bits per heavy atom. The summed E-state index contributed by atoms with van der Waals surface area (Å²) >= 11 is 0. The van der Waals surface area contributed by atoms with Gasteiger partial charge in [0.25, 0.3) is 5.91 Å². The second kappa shape index (κ2) is 4.73. The van der Waals surface area contributed by atoms with E-state index in [9.17, 15) is 14.4 Å². The van der Waals surface area contributed by atoms with E-state index in [0.29, 0.717) is 12.3 Å². The van der Waals surface area contributed by atoms with Gasteiger partial charge in [0.2, 0.25) is 0 Å². The van der Waals surface area contributed by atoms with Crippen LogP contribution < -0.4 is 5.32 Å². The van der Waals surface area contributed by atoms with Crippen molar-refractivity contribution in [1.82, 2.24) is 10.2 Å². The van der Waals surface area contributed by atoms with Gasteiger partial charge in [0.15, 0.2) is 0 Å². The van der Waals surface area contributed by atoms with Crippen LogP contribution in [0.15, 0.2) is 0 Å². The smallest absolute Gasteiger partial charge is 0.325 e. The van der Waals surface area contributed by atoms with Crippen LogP contribution in [0.5, 0.6) is 0 Å². The van der Waals surface area contributed by atoms with Gasteiger partial charge in [0.1, 0.15) is 12.1 Å². The highest BCUT2D eigenvalue weighted by Crippen LogP contribution is 2.24. The van der Waals surface area contributed by atoms with Crippen molar-refractivity contribution < 1.29 is 19.5 Å². The molecule has 6 nitrogen and oxygen atoms in total. The first-order valence-electron chi connectivity index (χ1n) is 5.62. The summed E-state index contributed by atoms with van der Waals surface area (Å²) in [6.45, 7) is 5.11. The molecule has 1 saturated heterocycles. The van der Waals surface area contributed by atoms with Gasteiger partial charge >= 0.3 is 12.0 Å². The minimum atomic E-state index is -1.19. The van der Waals surface area contributed by atoms with Gasteiger partial charge in [-0.2, -0.15) is 0 Å². The number of nitrogens with zero attached hydrogens (tertiary/aromatic N) is 1. The molecule has 3 amide bonds. The number of aliphatic carboxylic acids is 1. The maximum Gasteiger partial charge on any atom is 0.325 e. The monoisotopic (exact) mass is 242 g/mol. The molecule has 0 aromatic rings. The lowest BCUT2D eigenvalue weighted by Gasteiger charge is -2.22. The summed E-state index contributed by atoms with van der Waals surface area (Å²) in [5.74, 6) is -1.22. The lowest BCUT2D eigenvalue weighted by atomic mass is 9.92. The van der Waals surface area contributed by atoms with Crippen LogP contribution in [0.2, 0.25) is 0 Å². The third kappa shape index (κ3) is 2.95. The number of carboxylic acids is 1. The Morgan fingerprint density at radius 1 is 1.47 bits per heavy atom. The van der Waals surface area contributed by atoms with Gasteiger partial charge in [0, 0.05) is 0 Å². The molecule has 17 heavy (non-hydrogen) atoms. The highest BCUT2D eigenvalue weighted by molar-refractivity contribution is 6.08. The van der Waals surface area contributed by atoms with Gasteiger partial charge in [-0.25, -0.2) is 4.79 Å². The number of hydrogen-bond donors (Lipinski definition) is 2.